The summed E-state index contributed by atoms with van der Waals surface area (Å²) >= 11 is 0. The number of benzene rings is 1. The molecule has 0 radical (unpaired) electrons. The average Bonchev–Trinajstić information content (AvgIpc) is 2.40. The zero-order valence-electron chi connectivity index (χ0n) is 11.3. The van der Waals surface area contributed by atoms with Crippen LogP contribution in [0.15, 0.2) is 24.3 Å². The molecule has 2 rings (SSSR count). The number of hydrogen-bond donors (Lipinski definition) is 1. The van der Waals surface area contributed by atoms with Crippen LogP contribution in [0.2, 0.25) is 0 Å². The van der Waals surface area contributed by atoms with E-state index in [9.17, 15) is 4.79 Å². The van der Waals surface area contributed by atoms with Crippen LogP contribution in [0.3, 0.4) is 0 Å². The van der Waals surface area contributed by atoms with Crippen molar-refractivity contribution in [1.82, 2.24) is 15.1 Å². The highest BCUT2D eigenvalue weighted by atomic mass is 16.1. The predicted molar refractivity (Wildman–Crippen MR) is 72.7 cm³/mol. The number of rotatable bonds is 2. The first-order valence-corrected chi connectivity index (χ1v) is 6.32. The summed E-state index contributed by atoms with van der Waals surface area (Å²) < 4.78 is 0. The first-order valence-electron chi connectivity index (χ1n) is 6.32. The fourth-order valence-electron chi connectivity index (χ4n) is 2.40. The van der Waals surface area contributed by atoms with Crippen LogP contribution in [0.5, 0.6) is 0 Å². The van der Waals surface area contributed by atoms with Crippen molar-refractivity contribution in [1.29, 1.82) is 0 Å². The molecule has 0 spiro atoms. The third-order valence-corrected chi connectivity index (χ3v) is 3.61. The molecule has 4 nitrogen and oxygen atoms in total. The maximum atomic E-state index is 11.7. The van der Waals surface area contributed by atoms with E-state index in [1.165, 1.54) is 5.56 Å². The largest absolute Gasteiger partial charge is 0.355 e. The molecule has 0 saturated carbocycles. The minimum absolute atomic E-state index is 0.0244. The van der Waals surface area contributed by atoms with Gasteiger partial charge in [0.25, 0.3) is 5.91 Å². The van der Waals surface area contributed by atoms with E-state index in [1.807, 2.05) is 18.2 Å². The highest BCUT2D eigenvalue weighted by Crippen LogP contribution is 2.24. The molecule has 1 fully saturated rings. The van der Waals surface area contributed by atoms with Crippen molar-refractivity contribution in [3.05, 3.63) is 35.4 Å². The van der Waals surface area contributed by atoms with E-state index in [0.717, 1.165) is 25.2 Å². The van der Waals surface area contributed by atoms with Gasteiger partial charge in [0.05, 0.1) is 0 Å². The summed E-state index contributed by atoms with van der Waals surface area (Å²) in [7, 11) is 5.95. The molecule has 1 aliphatic rings. The van der Waals surface area contributed by atoms with Crippen molar-refractivity contribution < 1.29 is 4.79 Å². The van der Waals surface area contributed by atoms with Gasteiger partial charge in [-0.1, -0.05) is 12.1 Å². The molecule has 0 bridgehead atoms. The van der Waals surface area contributed by atoms with Crippen molar-refractivity contribution in [2.24, 2.45) is 0 Å². The second kappa shape index (κ2) is 5.50. The van der Waals surface area contributed by atoms with E-state index in [-0.39, 0.29) is 5.91 Å². The van der Waals surface area contributed by atoms with Crippen molar-refractivity contribution in [2.75, 3.05) is 40.8 Å². The number of nitrogens with zero attached hydrogens (tertiary/aromatic N) is 2. The molecular formula is C14H21N3O. The van der Waals surface area contributed by atoms with E-state index in [2.05, 4.69) is 35.3 Å². The molecule has 0 aliphatic carbocycles. The summed E-state index contributed by atoms with van der Waals surface area (Å²) in [6.45, 7) is 3.17. The lowest BCUT2D eigenvalue weighted by atomic mass is 10.0. The van der Waals surface area contributed by atoms with Crippen LogP contribution in [-0.2, 0) is 0 Å². The Morgan fingerprint density at radius 3 is 2.83 bits per heavy atom. The van der Waals surface area contributed by atoms with E-state index < -0.39 is 0 Å². The quantitative estimate of drug-likeness (QED) is 0.845. The number of amides is 1. The number of nitrogens with one attached hydrogen (secondary N) is 1. The molecule has 1 aromatic carbocycles. The van der Waals surface area contributed by atoms with Gasteiger partial charge in [0.1, 0.15) is 0 Å². The van der Waals surface area contributed by atoms with Gasteiger partial charge >= 0.3 is 0 Å². The molecule has 98 valence electrons. The zero-order valence-corrected chi connectivity index (χ0v) is 11.3. The van der Waals surface area contributed by atoms with Gasteiger partial charge in [-0.3, -0.25) is 9.69 Å². The minimum atomic E-state index is -0.0244. The Bertz CT molecular complexity index is 433. The Morgan fingerprint density at radius 2 is 2.11 bits per heavy atom. The van der Waals surface area contributed by atoms with Crippen LogP contribution in [0.4, 0.5) is 0 Å². The van der Waals surface area contributed by atoms with Crippen molar-refractivity contribution in [2.45, 2.75) is 6.04 Å². The van der Waals surface area contributed by atoms with Crippen LogP contribution in [0.1, 0.15) is 22.0 Å². The second-order valence-electron chi connectivity index (χ2n) is 4.96. The van der Waals surface area contributed by atoms with E-state index in [1.54, 1.807) is 7.05 Å². The van der Waals surface area contributed by atoms with Gasteiger partial charge in [-0.15, -0.1) is 0 Å². The molecule has 1 aromatic rings. The Balaban J connectivity index is 2.24. The lowest BCUT2D eigenvalue weighted by molar-refractivity contribution is 0.0961. The maximum Gasteiger partial charge on any atom is 0.251 e. The highest BCUT2D eigenvalue weighted by Gasteiger charge is 2.23. The number of likely N-dealkylation sites (N-methyl/N-ethyl adjacent to an activating group) is 2. The van der Waals surface area contributed by atoms with Crippen molar-refractivity contribution >= 4 is 5.91 Å². The molecular weight excluding hydrogens is 226 g/mol. The number of piperazine rings is 1. The molecule has 1 N–H and O–H groups in total. The van der Waals surface area contributed by atoms with Crippen LogP contribution in [0, 0.1) is 0 Å². The Labute approximate surface area is 109 Å². The fraction of sp³-hybridized carbons (Fsp3) is 0.500. The molecule has 4 heteroatoms. The average molecular weight is 247 g/mol. The zero-order chi connectivity index (χ0) is 13.1. The van der Waals surface area contributed by atoms with Gasteiger partial charge < -0.3 is 10.2 Å². The first-order chi connectivity index (χ1) is 8.61. The first kappa shape index (κ1) is 13.1. The predicted octanol–water partition coefficient (Wildman–Crippen LogP) is 0.964. The highest BCUT2D eigenvalue weighted by molar-refractivity contribution is 5.94. The monoisotopic (exact) mass is 247 g/mol. The van der Waals surface area contributed by atoms with Crippen LogP contribution >= 0.6 is 0 Å². The van der Waals surface area contributed by atoms with E-state index in [0.29, 0.717) is 6.04 Å². The molecule has 1 aliphatic heterocycles. The van der Waals surface area contributed by atoms with Gasteiger partial charge in [-0.25, -0.2) is 0 Å². The second-order valence-corrected chi connectivity index (χ2v) is 4.96. The summed E-state index contributed by atoms with van der Waals surface area (Å²) in [5, 5.41) is 2.67. The smallest absolute Gasteiger partial charge is 0.251 e. The Kier molecular flexibility index (Phi) is 3.99. The molecule has 18 heavy (non-hydrogen) atoms. The standard InChI is InChI=1S/C14H21N3O/c1-15-14(18)12-6-4-5-11(9-12)13-10-16(2)7-8-17(13)3/h4-6,9,13H,7-8,10H2,1-3H3,(H,15,18)/t13-/m0/s1. The third kappa shape index (κ3) is 2.71. The van der Waals surface area contributed by atoms with Gasteiger partial charge in [-0.2, -0.15) is 0 Å². The van der Waals surface area contributed by atoms with Gasteiger partial charge in [-0.05, 0) is 31.8 Å². The third-order valence-electron chi connectivity index (χ3n) is 3.61. The summed E-state index contributed by atoms with van der Waals surface area (Å²) in [6.07, 6.45) is 0. The molecule has 0 aromatic heterocycles. The lowest BCUT2D eigenvalue weighted by Crippen LogP contribution is -2.44. The number of carbonyl (C=O) groups excluding carboxylic acids is 1. The summed E-state index contributed by atoms with van der Waals surface area (Å²) in [5.41, 5.74) is 1.95. The molecule has 1 atom stereocenters. The topological polar surface area (TPSA) is 35.6 Å². The lowest BCUT2D eigenvalue weighted by Gasteiger charge is -2.38. The van der Waals surface area contributed by atoms with Crippen LogP contribution in [-0.4, -0.2) is 56.5 Å². The van der Waals surface area contributed by atoms with Gasteiger partial charge in [0, 0.05) is 38.3 Å². The molecule has 1 amide bonds. The maximum absolute atomic E-state index is 11.7. The van der Waals surface area contributed by atoms with Crippen molar-refractivity contribution in [3.8, 4) is 0 Å². The summed E-state index contributed by atoms with van der Waals surface area (Å²) in [6, 6.07) is 8.29. The van der Waals surface area contributed by atoms with Gasteiger partial charge in [0.15, 0.2) is 0 Å². The number of hydrogen-bond acceptors (Lipinski definition) is 3. The van der Waals surface area contributed by atoms with Crippen molar-refractivity contribution in [3.63, 3.8) is 0 Å². The number of carbonyl (C=O) groups is 1. The SMILES string of the molecule is CNC(=O)c1cccc([C@@H]2CN(C)CCN2C)c1. The van der Waals surface area contributed by atoms with E-state index >= 15 is 0 Å². The van der Waals surface area contributed by atoms with Crippen LogP contribution in [0.25, 0.3) is 0 Å². The van der Waals surface area contributed by atoms with Crippen LogP contribution < -0.4 is 5.32 Å². The molecule has 0 unspecified atom stereocenters. The minimum Gasteiger partial charge on any atom is -0.355 e. The summed E-state index contributed by atoms with van der Waals surface area (Å²) in [5.74, 6) is -0.0244. The normalized spacial score (nSPS) is 21.8. The Hall–Kier alpha value is -1.39. The van der Waals surface area contributed by atoms with Gasteiger partial charge in [0.2, 0.25) is 0 Å². The molecule has 1 heterocycles. The summed E-state index contributed by atoms with van der Waals surface area (Å²) in [4.78, 5) is 16.3. The van der Waals surface area contributed by atoms with E-state index in [4.69, 9.17) is 0 Å². The molecule has 1 saturated heterocycles. The fourth-order valence-corrected chi connectivity index (χ4v) is 2.40. The Morgan fingerprint density at radius 1 is 1.33 bits per heavy atom.